The van der Waals surface area contributed by atoms with Gasteiger partial charge in [-0.3, -0.25) is 0 Å². The minimum Gasteiger partial charge on any atom is -0.374 e. The van der Waals surface area contributed by atoms with Crippen LogP contribution in [0, 0.1) is 11.6 Å². The normalized spacial score (nSPS) is 10.5. The number of nitrogens with two attached hydrogens (primary N) is 1. The summed E-state index contributed by atoms with van der Waals surface area (Å²) in [6, 6.07) is 1.65. The number of H-pyrrole nitrogens is 1. The number of aryl methyl sites for hydroxylation is 1. The van der Waals surface area contributed by atoms with Crippen LogP contribution in [0.2, 0.25) is 0 Å². The first-order valence-corrected chi connectivity index (χ1v) is 4.41. The van der Waals surface area contributed by atoms with Gasteiger partial charge in [0.25, 0.3) is 5.78 Å². The van der Waals surface area contributed by atoms with E-state index in [9.17, 15) is 4.79 Å². The average molecular weight is 225 g/mol. The quantitative estimate of drug-likeness (QED) is 0.690. The molecular formula is C7H7N5O2S. The van der Waals surface area contributed by atoms with Crippen molar-refractivity contribution < 1.29 is 9.53 Å². The summed E-state index contributed by atoms with van der Waals surface area (Å²) in [5.41, 5.74) is 5.57. The van der Waals surface area contributed by atoms with E-state index in [2.05, 4.69) is 19.8 Å². The number of rotatable bonds is 1. The minimum absolute atomic E-state index is 0.0355. The minimum atomic E-state index is -0.947. The molecular weight excluding hydrogens is 218 g/mol. The first-order valence-electron chi connectivity index (χ1n) is 4.00. The Labute approximate surface area is 88.9 Å². The van der Waals surface area contributed by atoms with Crippen molar-refractivity contribution in [2.45, 2.75) is 6.92 Å². The Morgan fingerprint density at radius 2 is 2.40 bits per heavy atom. The van der Waals surface area contributed by atoms with Crippen LogP contribution in [0.5, 0.6) is 6.01 Å². The van der Waals surface area contributed by atoms with Crippen molar-refractivity contribution in [3.63, 3.8) is 0 Å². The molecule has 78 valence electrons. The van der Waals surface area contributed by atoms with E-state index in [0.717, 1.165) is 5.69 Å². The van der Waals surface area contributed by atoms with Gasteiger partial charge in [-0.25, -0.2) is 19.4 Å². The van der Waals surface area contributed by atoms with Crippen molar-refractivity contribution in [3.05, 3.63) is 16.4 Å². The summed E-state index contributed by atoms with van der Waals surface area (Å²) in [6.45, 7) is 1.79. The van der Waals surface area contributed by atoms with Crippen molar-refractivity contribution in [1.29, 1.82) is 0 Å². The van der Waals surface area contributed by atoms with Gasteiger partial charge in [0.2, 0.25) is 0 Å². The van der Waals surface area contributed by atoms with Crippen molar-refractivity contribution in [3.8, 4) is 6.01 Å². The maximum Gasteiger partial charge on any atom is 0.412 e. The number of ether oxygens (including phenoxy) is 1. The second-order valence-corrected chi connectivity index (χ2v) is 3.24. The fraction of sp³-hybridized carbons (Fsp3) is 0.143. The number of hydrogen-bond donors (Lipinski definition) is 2. The van der Waals surface area contributed by atoms with Crippen LogP contribution in [0.3, 0.4) is 0 Å². The van der Waals surface area contributed by atoms with Gasteiger partial charge in [0, 0.05) is 5.69 Å². The van der Waals surface area contributed by atoms with E-state index < -0.39 is 6.09 Å². The SMILES string of the molecule is Cc1cc(=S)n2[nH]c(OC(N)=O)nc2n1. The Bertz CT molecular complexity index is 587. The number of hydrogen-bond acceptors (Lipinski definition) is 5. The second-order valence-electron chi connectivity index (χ2n) is 2.82. The molecule has 0 aliphatic carbocycles. The fourth-order valence-corrected chi connectivity index (χ4v) is 1.41. The Hall–Kier alpha value is -1.96. The third-order valence-corrected chi connectivity index (χ3v) is 1.94. The van der Waals surface area contributed by atoms with Gasteiger partial charge in [0.05, 0.1) is 0 Å². The Balaban J connectivity index is 2.60. The number of nitrogens with one attached hydrogen (secondary N) is 1. The molecule has 8 heteroatoms. The predicted octanol–water partition coefficient (Wildman–Crippen LogP) is 0.553. The molecule has 0 unspecified atom stereocenters. The van der Waals surface area contributed by atoms with E-state index in [4.69, 9.17) is 18.0 Å². The Morgan fingerprint density at radius 1 is 1.67 bits per heavy atom. The molecule has 0 radical (unpaired) electrons. The molecule has 0 aliphatic heterocycles. The molecule has 0 spiro atoms. The molecule has 0 aromatic carbocycles. The highest BCUT2D eigenvalue weighted by atomic mass is 32.1. The molecule has 0 fully saturated rings. The second kappa shape index (κ2) is 3.31. The Kier molecular flexibility index (Phi) is 2.12. The third-order valence-electron chi connectivity index (χ3n) is 1.64. The zero-order valence-electron chi connectivity index (χ0n) is 7.72. The first-order chi connectivity index (χ1) is 7.06. The van der Waals surface area contributed by atoms with Crippen molar-refractivity contribution in [2.75, 3.05) is 0 Å². The van der Waals surface area contributed by atoms with E-state index in [1.165, 1.54) is 4.52 Å². The van der Waals surface area contributed by atoms with E-state index in [0.29, 0.717) is 10.4 Å². The predicted molar refractivity (Wildman–Crippen MR) is 53.1 cm³/mol. The highest BCUT2D eigenvalue weighted by Crippen LogP contribution is 2.07. The van der Waals surface area contributed by atoms with Gasteiger partial charge in [-0.15, -0.1) is 0 Å². The topological polar surface area (TPSA) is 98.3 Å². The van der Waals surface area contributed by atoms with Gasteiger partial charge in [0.1, 0.15) is 4.64 Å². The molecule has 15 heavy (non-hydrogen) atoms. The number of aromatic nitrogens is 4. The lowest BCUT2D eigenvalue weighted by molar-refractivity contribution is 0.207. The molecule has 0 atom stereocenters. The molecule has 0 saturated carbocycles. The summed E-state index contributed by atoms with van der Waals surface area (Å²) in [7, 11) is 0. The van der Waals surface area contributed by atoms with Crippen LogP contribution in [0.4, 0.5) is 4.79 Å². The molecule has 7 nitrogen and oxygen atoms in total. The monoisotopic (exact) mass is 225 g/mol. The van der Waals surface area contributed by atoms with Gasteiger partial charge < -0.3 is 10.5 Å². The number of carbonyl (C=O) groups is 1. The average Bonchev–Trinajstić information content (AvgIpc) is 2.45. The fourth-order valence-electron chi connectivity index (χ4n) is 1.11. The van der Waals surface area contributed by atoms with E-state index in [-0.39, 0.29) is 6.01 Å². The van der Waals surface area contributed by atoms with Gasteiger partial charge in [-0.05, 0) is 13.0 Å². The summed E-state index contributed by atoms with van der Waals surface area (Å²) in [6.07, 6.45) is -0.947. The molecule has 3 N–H and O–H groups in total. The van der Waals surface area contributed by atoms with Crippen LogP contribution in [0.15, 0.2) is 6.07 Å². The highest BCUT2D eigenvalue weighted by Gasteiger charge is 2.07. The van der Waals surface area contributed by atoms with E-state index in [1.54, 1.807) is 13.0 Å². The van der Waals surface area contributed by atoms with Crippen LogP contribution in [0.25, 0.3) is 5.78 Å². The lowest BCUT2D eigenvalue weighted by atomic mass is 10.5. The molecule has 1 amide bonds. The summed E-state index contributed by atoms with van der Waals surface area (Å²) >= 11 is 5.05. The standard InChI is InChI=1S/C7H7N5O2S/c1-3-2-4(15)12-6(9-3)10-7(11-12)14-5(8)13/h2H,1H3,(H2,8,13)(H,9,10,11). The van der Waals surface area contributed by atoms with Crippen molar-refractivity contribution >= 4 is 24.1 Å². The number of amides is 1. The lowest BCUT2D eigenvalue weighted by Crippen LogP contribution is -2.16. The largest absolute Gasteiger partial charge is 0.412 e. The van der Waals surface area contributed by atoms with Gasteiger partial charge in [0.15, 0.2) is 0 Å². The van der Waals surface area contributed by atoms with E-state index in [1.807, 2.05) is 0 Å². The molecule has 2 rings (SSSR count). The zero-order valence-corrected chi connectivity index (χ0v) is 8.54. The number of nitrogens with zero attached hydrogens (tertiary/aromatic N) is 3. The lowest BCUT2D eigenvalue weighted by Gasteiger charge is -1.93. The Morgan fingerprint density at radius 3 is 3.07 bits per heavy atom. The van der Waals surface area contributed by atoms with Gasteiger partial charge in [-0.2, -0.15) is 4.98 Å². The molecule has 0 bridgehead atoms. The van der Waals surface area contributed by atoms with Crippen LogP contribution >= 0.6 is 12.2 Å². The number of carbonyl (C=O) groups excluding carboxylic acids is 1. The van der Waals surface area contributed by atoms with E-state index >= 15 is 0 Å². The summed E-state index contributed by atoms with van der Waals surface area (Å²) in [5.74, 6) is 0.330. The third kappa shape index (κ3) is 1.79. The number of primary amides is 1. The van der Waals surface area contributed by atoms with Crippen LogP contribution in [0.1, 0.15) is 5.69 Å². The maximum atomic E-state index is 10.5. The molecule has 2 heterocycles. The van der Waals surface area contributed by atoms with Crippen LogP contribution in [-0.4, -0.2) is 25.7 Å². The summed E-state index contributed by atoms with van der Waals surface area (Å²) in [4.78, 5) is 18.4. The van der Waals surface area contributed by atoms with Gasteiger partial charge >= 0.3 is 12.1 Å². The van der Waals surface area contributed by atoms with Crippen molar-refractivity contribution in [1.82, 2.24) is 19.6 Å². The molecule has 2 aromatic heterocycles. The van der Waals surface area contributed by atoms with Gasteiger partial charge in [-0.1, -0.05) is 12.2 Å². The highest BCUT2D eigenvalue weighted by molar-refractivity contribution is 7.71. The number of aromatic amines is 1. The first kappa shape index (κ1) is 9.59. The number of fused-ring (bicyclic) bond motifs is 1. The molecule has 0 aliphatic rings. The van der Waals surface area contributed by atoms with Crippen LogP contribution < -0.4 is 10.5 Å². The zero-order chi connectivity index (χ0) is 11.0. The maximum absolute atomic E-state index is 10.5. The smallest absolute Gasteiger partial charge is 0.374 e. The van der Waals surface area contributed by atoms with Crippen LogP contribution in [-0.2, 0) is 0 Å². The molecule has 0 saturated heterocycles. The summed E-state index contributed by atoms with van der Waals surface area (Å²) < 4.78 is 6.47. The summed E-state index contributed by atoms with van der Waals surface area (Å²) in [5, 5.41) is 2.64. The molecule has 2 aromatic rings. The van der Waals surface area contributed by atoms with Crippen molar-refractivity contribution in [2.24, 2.45) is 5.73 Å².